The van der Waals surface area contributed by atoms with E-state index in [-0.39, 0.29) is 5.91 Å². The number of aromatic nitrogens is 5. The first kappa shape index (κ1) is 19.1. The third-order valence-electron chi connectivity index (χ3n) is 5.28. The van der Waals surface area contributed by atoms with Gasteiger partial charge in [0, 0.05) is 56.6 Å². The Balaban J connectivity index is 1.36. The fourth-order valence-corrected chi connectivity index (χ4v) is 3.65. The van der Waals surface area contributed by atoms with E-state index in [4.69, 9.17) is 4.52 Å². The molecule has 0 aromatic carbocycles. The molecule has 4 rings (SSSR count). The molecular formula is C20H25N7O2. The quantitative estimate of drug-likeness (QED) is 0.651. The summed E-state index contributed by atoms with van der Waals surface area (Å²) in [7, 11) is 0. The van der Waals surface area contributed by atoms with Crippen LogP contribution in [0.2, 0.25) is 0 Å². The molecule has 9 heteroatoms. The van der Waals surface area contributed by atoms with E-state index in [1.54, 1.807) is 10.9 Å². The van der Waals surface area contributed by atoms with Crippen LogP contribution in [0, 0.1) is 20.8 Å². The molecular weight excluding hydrogens is 370 g/mol. The highest BCUT2D eigenvalue weighted by Gasteiger charge is 2.23. The monoisotopic (exact) mass is 395 g/mol. The van der Waals surface area contributed by atoms with E-state index >= 15 is 0 Å². The molecule has 1 saturated heterocycles. The number of hydrogen-bond donors (Lipinski definition) is 0. The number of nitrogens with zero attached hydrogens (tertiary/aromatic N) is 7. The zero-order valence-electron chi connectivity index (χ0n) is 17.0. The van der Waals surface area contributed by atoms with Crippen LogP contribution >= 0.6 is 0 Å². The molecule has 1 fully saturated rings. The Labute approximate surface area is 169 Å². The first-order valence-electron chi connectivity index (χ1n) is 9.81. The molecule has 0 aliphatic carbocycles. The van der Waals surface area contributed by atoms with Crippen LogP contribution in [0.5, 0.6) is 0 Å². The van der Waals surface area contributed by atoms with E-state index in [0.717, 1.165) is 41.7 Å². The first-order valence-corrected chi connectivity index (χ1v) is 9.81. The van der Waals surface area contributed by atoms with Gasteiger partial charge in [-0.2, -0.15) is 5.10 Å². The molecule has 3 aromatic heterocycles. The van der Waals surface area contributed by atoms with Crippen LogP contribution in [0.3, 0.4) is 0 Å². The molecule has 0 unspecified atom stereocenters. The van der Waals surface area contributed by atoms with Gasteiger partial charge in [0.15, 0.2) is 5.82 Å². The van der Waals surface area contributed by atoms with Crippen LogP contribution in [-0.4, -0.2) is 61.9 Å². The predicted molar refractivity (Wildman–Crippen MR) is 107 cm³/mol. The second kappa shape index (κ2) is 8.02. The van der Waals surface area contributed by atoms with Crippen LogP contribution in [0.4, 0.5) is 5.82 Å². The molecule has 0 atom stereocenters. The number of amides is 1. The van der Waals surface area contributed by atoms with Crippen molar-refractivity contribution in [3.63, 3.8) is 0 Å². The maximum absolute atomic E-state index is 12.6. The lowest BCUT2D eigenvalue weighted by Crippen LogP contribution is -2.49. The zero-order valence-corrected chi connectivity index (χ0v) is 17.0. The average Bonchev–Trinajstić information content (AvgIpc) is 3.36. The van der Waals surface area contributed by atoms with Crippen molar-refractivity contribution in [2.75, 3.05) is 31.1 Å². The summed E-state index contributed by atoms with van der Waals surface area (Å²) in [6.45, 7) is 8.53. The summed E-state index contributed by atoms with van der Waals surface area (Å²) in [5.74, 6) is 3.28. The van der Waals surface area contributed by atoms with E-state index in [2.05, 4.69) is 25.1 Å². The van der Waals surface area contributed by atoms with E-state index in [9.17, 15) is 4.79 Å². The van der Waals surface area contributed by atoms with Gasteiger partial charge < -0.3 is 14.3 Å². The summed E-state index contributed by atoms with van der Waals surface area (Å²) < 4.78 is 6.91. The van der Waals surface area contributed by atoms with Gasteiger partial charge in [-0.25, -0.2) is 14.6 Å². The summed E-state index contributed by atoms with van der Waals surface area (Å²) in [5.41, 5.74) is 1.91. The van der Waals surface area contributed by atoms with Gasteiger partial charge in [0.05, 0.1) is 5.69 Å². The van der Waals surface area contributed by atoms with Crippen molar-refractivity contribution in [1.82, 2.24) is 29.8 Å². The Morgan fingerprint density at radius 2 is 1.86 bits per heavy atom. The molecule has 29 heavy (non-hydrogen) atoms. The Kier molecular flexibility index (Phi) is 5.28. The number of carbonyl (C=O) groups excluding carboxylic acids is 1. The Bertz CT molecular complexity index is 969. The minimum absolute atomic E-state index is 0.167. The van der Waals surface area contributed by atoms with Crippen molar-refractivity contribution < 1.29 is 9.32 Å². The van der Waals surface area contributed by atoms with Crippen LogP contribution in [-0.2, 0) is 11.2 Å². The van der Waals surface area contributed by atoms with Gasteiger partial charge in [-0.3, -0.25) is 4.79 Å². The van der Waals surface area contributed by atoms with Crippen molar-refractivity contribution in [2.45, 2.75) is 33.6 Å². The fraction of sp³-hybridized carbons (Fsp3) is 0.450. The summed E-state index contributed by atoms with van der Waals surface area (Å²) in [6, 6.07) is 3.80. The van der Waals surface area contributed by atoms with E-state index in [0.29, 0.717) is 31.8 Å². The Morgan fingerprint density at radius 3 is 2.52 bits per heavy atom. The number of carbonyl (C=O) groups is 1. The molecule has 1 aliphatic rings. The van der Waals surface area contributed by atoms with Crippen LogP contribution in [0.1, 0.15) is 29.3 Å². The highest BCUT2D eigenvalue weighted by atomic mass is 16.5. The molecule has 0 N–H and O–H groups in total. The van der Waals surface area contributed by atoms with Crippen molar-refractivity contribution in [3.8, 4) is 5.82 Å². The smallest absolute Gasteiger partial charge is 0.223 e. The highest BCUT2D eigenvalue weighted by Crippen LogP contribution is 2.19. The SMILES string of the molecule is Cc1nc(N2CCN(C(=O)CCc3c(C)noc3C)CC2)cc(-n2cccn2)n1. The normalized spacial score (nSPS) is 14.4. The zero-order chi connectivity index (χ0) is 20.4. The lowest BCUT2D eigenvalue weighted by atomic mass is 10.1. The number of piperazine rings is 1. The van der Waals surface area contributed by atoms with Crippen molar-refractivity contribution in [3.05, 3.63) is 47.4 Å². The van der Waals surface area contributed by atoms with Gasteiger partial charge in [-0.15, -0.1) is 0 Å². The van der Waals surface area contributed by atoms with Crippen LogP contribution in [0.25, 0.3) is 5.82 Å². The van der Waals surface area contributed by atoms with Gasteiger partial charge in [0.25, 0.3) is 0 Å². The summed E-state index contributed by atoms with van der Waals surface area (Å²) in [4.78, 5) is 25.8. The Hall–Kier alpha value is -3.23. The van der Waals surface area contributed by atoms with Gasteiger partial charge in [-0.1, -0.05) is 5.16 Å². The van der Waals surface area contributed by atoms with Gasteiger partial charge >= 0.3 is 0 Å². The second-order valence-corrected chi connectivity index (χ2v) is 7.25. The molecule has 152 valence electrons. The summed E-state index contributed by atoms with van der Waals surface area (Å²) in [5, 5.41) is 8.20. The van der Waals surface area contributed by atoms with Crippen LogP contribution < -0.4 is 4.90 Å². The van der Waals surface area contributed by atoms with Gasteiger partial charge in [0.1, 0.15) is 17.4 Å². The molecule has 4 heterocycles. The molecule has 0 radical (unpaired) electrons. The first-order chi connectivity index (χ1) is 14.0. The third-order valence-corrected chi connectivity index (χ3v) is 5.28. The number of rotatable bonds is 5. The van der Waals surface area contributed by atoms with Gasteiger partial charge in [0.2, 0.25) is 5.91 Å². The molecule has 3 aromatic rings. The minimum atomic E-state index is 0.167. The molecule has 1 amide bonds. The van der Waals surface area contributed by atoms with Crippen molar-refractivity contribution in [2.24, 2.45) is 0 Å². The number of aryl methyl sites for hydroxylation is 3. The van der Waals surface area contributed by atoms with E-state index < -0.39 is 0 Å². The molecule has 0 bridgehead atoms. The number of hydrogen-bond acceptors (Lipinski definition) is 7. The molecule has 0 spiro atoms. The standard InChI is InChI=1S/C20H25N7O2/c1-14-17(15(2)29-24-14)5-6-20(28)26-11-9-25(10-12-26)18-13-19(23-16(3)22-18)27-8-4-7-21-27/h4,7-8,13H,5-6,9-12H2,1-3H3. The number of anilines is 1. The average molecular weight is 395 g/mol. The Morgan fingerprint density at radius 1 is 1.10 bits per heavy atom. The lowest BCUT2D eigenvalue weighted by Gasteiger charge is -2.35. The molecule has 1 aliphatic heterocycles. The van der Waals surface area contributed by atoms with Crippen molar-refractivity contribution in [1.29, 1.82) is 0 Å². The minimum Gasteiger partial charge on any atom is -0.361 e. The highest BCUT2D eigenvalue weighted by molar-refractivity contribution is 5.76. The maximum Gasteiger partial charge on any atom is 0.223 e. The predicted octanol–water partition coefficient (Wildman–Crippen LogP) is 1.86. The third kappa shape index (κ3) is 4.13. The van der Waals surface area contributed by atoms with Gasteiger partial charge in [-0.05, 0) is 33.3 Å². The summed E-state index contributed by atoms with van der Waals surface area (Å²) in [6.07, 6.45) is 4.72. The topological polar surface area (TPSA) is 93.2 Å². The second-order valence-electron chi connectivity index (χ2n) is 7.25. The van der Waals surface area contributed by atoms with Crippen molar-refractivity contribution >= 4 is 11.7 Å². The summed E-state index contributed by atoms with van der Waals surface area (Å²) >= 11 is 0. The van der Waals surface area contributed by atoms with E-state index in [1.807, 2.05) is 44.0 Å². The van der Waals surface area contributed by atoms with Crippen LogP contribution in [0.15, 0.2) is 29.0 Å². The molecule has 0 saturated carbocycles. The fourth-order valence-electron chi connectivity index (χ4n) is 3.65. The van der Waals surface area contributed by atoms with E-state index in [1.165, 1.54) is 0 Å². The lowest BCUT2D eigenvalue weighted by molar-refractivity contribution is -0.131. The maximum atomic E-state index is 12.6. The largest absolute Gasteiger partial charge is 0.361 e. The molecule has 9 nitrogen and oxygen atoms in total.